The van der Waals surface area contributed by atoms with Crippen molar-refractivity contribution in [2.45, 2.75) is 59.2 Å². The number of amides is 2. The predicted octanol–water partition coefficient (Wildman–Crippen LogP) is 5.23. The third-order valence-electron chi connectivity index (χ3n) is 7.17. The Labute approximate surface area is 259 Å². The fourth-order valence-corrected chi connectivity index (χ4v) is 6.08. The zero-order valence-electron chi connectivity index (χ0n) is 25.2. The summed E-state index contributed by atoms with van der Waals surface area (Å²) in [4.78, 5) is 29.7. The number of carbonyl (C=O) groups is 2. The Balaban J connectivity index is 2.13. The largest absolute Gasteiger partial charge is 0.352 e. The molecule has 2 amide bonds. The zero-order chi connectivity index (χ0) is 31.0. The van der Waals surface area contributed by atoms with Gasteiger partial charge in [0.05, 0.1) is 5.69 Å². The van der Waals surface area contributed by atoms with E-state index in [0.717, 1.165) is 36.2 Å². The lowest BCUT2D eigenvalue weighted by atomic mass is 10.0. The van der Waals surface area contributed by atoms with Gasteiger partial charge in [0.15, 0.2) is 0 Å². The summed E-state index contributed by atoms with van der Waals surface area (Å²) in [7, 11) is -1.18. The molecule has 0 aliphatic heterocycles. The van der Waals surface area contributed by atoms with Crippen LogP contribution in [0.5, 0.6) is 0 Å². The van der Waals surface area contributed by atoms with Crippen LogP contribution in [0, 0.1) is 13.8 Å². The number of benzene rings is 3. The van der Waals surface area contributed by atoms with E-state index in [1.54, 1.807) is 6.07 Å². The van der Waals surface area contributed by atoms with Crippen LogP contribution in [0.15, 0.2) is 77.3 Å². The molecular weight excluding hydrogens is 616 g/mol. The average molecular weight is 658 g/mol. The summed E-state index contributed by atoms with van der Waals surface area (Å²) in [5, 5.41) is 3.05. The summed E-state index contributed by atoms with van der Waals surface area (Å²) in [6, 6.07) is 21.6. The number of halogens is 1. The molecule has 3 aromatic rings. The van der Waals surface area contributed by atoms with E-state index in [9.17, 15) is 18.0 Å². The first kappa shape index (κ1) is 33.3. The molecule has 3 rings (SSSR count). The number of carbonyl (C=O) groups excluding carboxylic acids is 2. The summed E-state index contributed by atoms with van der Waals surface area (Å²) < 4.78 is 30.3. The maximum atomic E-state index is 14.4. The third kappa shape index (κ3) is 8.65. The van der Waals surface area contributed by atoms with E-state index in [-0.39, 0.29) is 24.9 Å². The lowest BCUT2D eigenvalue weighted by molar-refractivity contribution is -0.140. The SMILES string of the molecule is CC[C@@H](C)NC(=O)[C@@H](Cc1ccccc1)N(Cc1cccc(Br)c1)C(=O)CN(c1cc(C)ccc1C)S(=O)(=O)N(C)C. The number of rotatable bonds is 13. The lowest BCUT2D eigenvalue weighted by Gasteiger charge is -2.35. The first-order valence-corrected chi connectivity index (χ1v) is 16.2. The van der Waals surface area contributed by atoms with Crippen LogP contribution in [0.1, 0.15) is 42.5 Å². The van der Waals surface area contributed by atoms with Gasteiger partial charge >= 0.3 is 10.2 Å². The van der Waals surface area contributed by atoms with Crippen LogP contribution in [-0.4, -0.2) is 62.2 Å². The van der Waals surface area contributed by atoms with Gasteiger partial charge in [-0.05, 0) is 67.6 Å². The van der Waals surface area contributed by atoms with Gasteiger partial charge in [0.1, 0.15) is 12.6 Å². The second-order valence-corrected chi connectivity index (χ2v) is 13.7. The highest BCUT2D eigenvalue weighted by Crippen LogP contribution is 2.26. The Morgan fingerprint density at radius 2 is 1.60 bits per heavy atom. The smallest absolute Gasteiger partial charge is 0.304 e. The second kappa shape index (κ2) is 14.8. The van der Waals surface area contributed by atoms with E-state index in [1.807, 2.05) is 94.4 Å². The predicted molar refractivity (Wildman–Crippen MR) is 172 cm³/mol. The molecule has 226 valence electrons. The normalized spacial score (nSPS) is 13.0. The first-order valence-electron chi connectivity index (χ1n) is 14.0. The first-order chi connectivity index (χ1) is 19.8. The maximum Gasteiger partial charge on any atom is 0.304 e. The molecule has 3 aromatic carbocycles. The van der Waals surface area contributed by atoms with E-state index in [0.29, 0.717) is 11.3 Å². The topological polar surface area (TPSA) is 90.0 Å². The standard InChI is InChI=1S/C32H41BrN4O4S/c1-7-25(4)34-32(39)30(20-26-12-9-8-10-13-26)36(21-27-14-11-15-28(33)19-27)31(38)22-37(42(40,41)35(5)6)29-18-23(2)16-17-24(29)3/h8-19,25,30H,7,20-22H2,1-6H3,(H,34,39)/t25-,30-/m1/s1. The number of hydrogen-bond acceptors (Lipinski definition) is 4. The number of anilines is 1. The lowest BCUT2D eigenvalue weighted by Crippen LogP contribution is -2.55. The van der Waals surface area contributed by atoms with Gasteiger partial charge in [-0.1, -0.05) is 77.5 Å². The molecule has 0 saturated heterocycles. The molecule has 0 aliphatic rings. The van der Waals surface area contributed by atoms with Crippen LogP contribution in [0.2, 0.25) is 0 Å². The molecule has 10 heteroatoms. The quantitative estimate of drug-likeness (QED) is 0.273. The molecule has 0 heterocycles. The Morgan fingerprint density at radius 1 is 0.929 bits per heavy atom. The van der Waals surface area contributed by atoms with Gasteiger partial charge in [-0.2, -0.15) is 12.7 Å². The fraction of sp³-hybridized carbons (Fsp3) is 0.375. The number of aryl methyl sites for hydroxylation is 2. The van der Waals surface area contributed by atoms with E-state index < -0.39 is 28.7 Å². The highest BCUT2D eigenvalue weighted by Gasteiger charge is 2.35. The van der Waals surface area contributed by atoms with E-state index in [1.165, 1.54) is 19.0 Å². The van der Waals surface area contributed by atoms with Gasteiger partial charge < -0.3 is 10.2 Å². The molecule has 0 spiro atoms. The van der Waals surface area contributed by atoms with E-state index >= 15 is 0 Å². The van der Waals surface area contributed by atoms with Crippen LogP contribution in [0.25, 0.3) is 0 Å². The van der Waals surface area contributed by atoms with Crippen molar-refractivity contribution in [3.05, 3.63) is 99.5 Å². The Bertz CT molecular complexity index is 1480. The van der Waals surface area contributed by atoms with Gasteiger partial charge in [-0.3, -0.25) is 9.59 Å². The van der Waals surface area contributed by atoms with Crippen molar-refractivity contribution in [1.29, 1.82) is 0 Å². The van der Waals surface area contributed by atoms with Crippen molar-refractivity contribution in [2.75, 3.05) is 24.9 Å². The Morgan fingerprint density at radius 3 is 2.21 bits per heavy atom. The fourth-order valence-electron chi connectivity index (χ4n) is 4.52. The van der Waals surface area contributed by atoms with Gasteiger partial charge in [0, 0.05) is 37.6 Å². The molecule has 1 N–H and O–H groups in total. The van der Waals surface area contributed by atoms with Gasteiger partial charge in [-0.25, -0.2) is 4.31 Å². The molecule has 0 aromatic heterocycles. The average Bonchev–Trinajstić information content (AvgIpc) is 2.95. The number of nitrogens with zero attached hydrogens (tertiary/aromatic N) is 3. The van der Waals surface area contributed by atoms with Crippen molar-refractivity contribution in [2.24, 2.45) is 0 Å². The number of nitrogens with one attached hydrogen (secondary N) is 1. The van der Waals surface area contributed by atoms with Crippen molar-refractivity contribution in [3.8, 4) is 0 Å². The molecule has 42 heavy (non-hydrogen) atoms. The molecular formula is C32H41BrN4O4S. The van der Waals surface area contributed by atoms with Crippen molar-refractivity contribution >= 4 is 43.6 Å². The minimum atomic E-state index is -4.06. The molecule has 0 unspecified atom stereocenters. The van der Waals surface area contributed by atoms with Crippen LogP contribution in [-0.2, 0) is 32.8 Å². The van der Waals surface area contributed by atoms with Crippen LogP contribution < -0.4 is 9.62 Å². The zero-order valence-corrected chi connectivity index (χ0v) is 27.6. The van der Waals surface area contributed by atoms with E-state index in [4.69, 9.17) is 0 Å². The number of hydrogen-bond donors (Lipinski definition) is 1. The molecule has 0 fully saturated rings. The Kier molecular flexibility index (Phi) is 11.7. The van der Waals surface area contributed by atoms with Crippen molar-refractivity contribution < 1.29 is 18.0 Å². The van der Waals surface area contributed by atoms with Crippen molar-refractivity contribution in [1.82, 2.24) is 14.5 Å². The molecule has 0 radical (unpaired) electrons. The molecule has 2 atom stereocenters. The molecule has 0 saturated carbocycles. The summed E-state index contributed by atoms with van der Waals surface area (Å²) >= 11 is 3.50. The summed E-state index contributed by atoms with van der Waals surface area (Å²) in [5.41, 5.74) is 3.70. The van der Waals surface area contributed by atoms with E-state index in [2.05, 4.69) is 21.2 Å². The Hall–Kier alpha value is -3.21. The molecule has 8 nitrogen and oxygen atoms in total. The van der Waals surface area contributed by atoms with Crippen LogP contribution in [0.3, 0.4) is 0 Å². The molecule has 0 bridgehead atoms. The highest BCUT2D eigenvalue weighted by atomic mass is 79.9. The van der Waals surface area contributed by atoms with Gasteiger partial charge in [-0.15, -0.1) is 0 Å². The van der Waals surface area contributed by atoms with Crippen LogP contribution >= 0.6 is 15.9 Å². The van der Waals surface area contributed by atoms with Crippen molar-refractivity contribution in [3.63, 3.8) is 0 Å². The molecule has 0 aliphatic carbocycles. The summed E-state index contributed by atoms with van der Waals surface area (Å²) in [5.74, 6) is -0.771. The highest BCUT2D eigenvalue weighted by molar-refractivity contribution is 9.10. The van der Waals surface area contributed by atoms with Gasteiger partial charge in [0.2, 0.25) is 11.8 Å². The van der Waals surface area contributed by atoms with Gasteiger partial charge in [0.25, 0.3) is 0 Å². The maximum absolute atomic E-state index is 14.4. The second-order valence-electron chi connectivity index (χ2n) is 10.8. The summed E-state index contributed by atoms with van der Waals surface area (Å²) in [6.07, 6.45) is 0.998. The minimum Gasteiger partial charge on any atom is -0.352 e. The minimum absolute atomic E-state index is 0.0980. The monoisotopic (exact) mass is 656 g/mol. The summed E-state index contributed by atoms with van der Waals surface area (Å²) in [6.45, 7) is 7.24. The third-order valence-corrected chi connectivity index (χ3v) is 9.47. The van der Waals surface area contributed by atoms with Crippen LogP contribution in [0.4, 0.5) is 5.69 Å².